The Morgan fingerprint density at radius 1 is 0.973 bits per heavy atom. The van der Waals surface area contributed by atoms with Gasteiger partial charge in [0.25, 0.3) is 11.8 Å². The summed E-state index contributed by atoms with van der Waals surface area (Å²) in [6, 6.07) is 24.7. The lowest BCUT2D eigenvalue weighted by Crippen LogP contribution is -2.42. The Kier molecular flexibility index (Phi) is 6.63. The van der Waals surface area contributed by atoms with E-state index in [0.29, 0.717) is 40.5 Å². The second-order valence-electron chi connectivity index (χ2n) is 8.61. The topological polar surface area (TPSA) is 101 Å². The van der Waals surface area contributed by atoms with Gasteiger partial charge in [-0.25, -0.2) is 0 Å². The molecule has 184 valence electrons. The van der Waals surface area contributed by atoms with Crippen molar-refractivity contribution in [1.82, 2.24) is 4.98 Å². The molecule has 0 unspecified atom stereocenters. The van der Waals surface area contributed by atoms with E-state index in [2.05, 4.69) is 15.6 Å². The predicted octanol–water partition coefficient (Wildman–Crippen LogP) is 4.82. The molecule has 0 bridgehead atoms. The van der Waals surface area contributed by atoms with Crippen LogP contribution in [0.15, 0.2) is 91.1 Å². The van der Waals surface area contributed by atoms with Gasteiger partial charge in [0, 0.05) is 22.5 Å². The number of hydrogen-bond acceptors (Lipinski definition) is 5. The fourth-order valence-electron chi connectivity index (χ4n) is 3.98. The summed E-state index contributed by atoms with van der Waals surface area (Å²) in [4.78, 5) is 43.7. The first-order chi connectivity index (χ1) is 18.0. The Bertz CT molecular complexity index is 1470. The number of nitrogens with zero attached hydrogens (tertiary/aromatic N) is 2. The Labute approximate surface area is 213 Å². The minimum Gasteiger partial charge on any atom is -0.487 e. The van der Waals surface area contributed by atoms with E-state index in [1.807, 2.05) is 31.2 Å². The van der Waals surface area contributed by atoms with Crippen molar-refractivity contribution in [3.63, 3.8) is 0 Å². The van der Waals surface area contributed by atoms with E-state index in [1.54, 1.807) is 66.9 Å². The largest absolute Gasteiger partial charge is 0.487 e. The minimum atomic E-state index is -0.295. The van der Waals surface area contributed by atoms with Gasteiger partial charge in [-0.05, 0) is 73.2 Å². The Morgan fingerprint density at radius 2 is 1.78 bits per heavy atom. The number of benzene rings is 3. The van der Waals surface area contributed by atoms with Crippen molar-refractivity contribution in [2.75, 3.05) is 22.1 Å². The van der Waals surface area contributed by atoms with Crippen LogP contribution < -0.4 is 20.3 Å². The first kappa shape index (κ1) is 23.7. The zero-order chi connectivity index (χ0) is 25.8. The van der Waals surface area contributed by atoms with Crippen molar-refractivity contribution in [3.05, 3.63) is 114 Å². The molecule has 0 spiro atoms. The molecule has 0 saturated heterocycles. The van der Waals surface area contributed by atoms with Gasteiger partial charge in [0.05, 0.1) is 17.6 Å². The number of amides is 3. The molecule has 37 heavy (non-hydrogen) atoms. The minimum absolute atomic E-state index is 0.0607. The van der Waals surface area contributed by atoms with Gasteiger partial charge in [-0.2, -0.15) is 0 Å². The van der Waals surface area contributed by atoms with Crippen LogP contribution in [-0.2, 0) is 11.4 Å². The third-order valence-corrected chi connectivity index (χ3v) is 5.88. The summed E-state index contributed by atoms with van der Waals surface area (Å²) < 4.78 is 5.76. The quantitative estimate of drug-likeness (QED) is 0.402. The monoisotopic (exact) mass is 492 g/mol. The maximum absolute atomic E-state index is 13.1. The first-order valence-electron chi connectivity index (χ1n) is 11.7. The van der Waals surface area contributed by atoms with Crippen molar-refractivity contribution < 1.29 is 19.1 Å². The standard InChI is InChI=1S/C29H24N4O4/c1-19-9-14-24(16-30-19)37-18-20-5-4-6-22(15-20)28(35)31-23-12-10-21(11-13-23)29(36)33-17-27(34)32-25-7-2-3-8-26(25)33/h2-16H,17-18H2,1H3,(H,31,35)(H,32,34). The number of pyridine rings is 1. The van der Waals surface area contributed by atoms with E-state index in [1.165, 1.54) is 4.90 Å². The number of hydrogen-bond donors (Lipinski definition) is 2. The molecule has 3 amide bonds. The van der Waals surface area contributed by atoms with Crippen LogP contribution in [0, 0.1) is 6.92 Å². The second-order valence-corrected chi connectivity index (χ2v) is 8.61. The van der Waals surface area contributed by atoms with Crippen molar-refractivity contribution in [3.8, 4) is 5.75 Å². The molecule has 8 heteroatoms. The number of rotatable bonds is 6. The van der Waals surface area contributed by atoms with Crippen molar-refractivity contribution in [2.24, 2.45) is 0 Å². The number of aryl methyl sites for hydroxylation is 1. The number of carbonyl (C=O) groups excluding carboxylic acids is 3. The van der Waals surface area contributed by atoms with Crippen LogP contribution in [0.3, 0.4) is 0 Å². The van der Waals surface area contributed by atoms with Gasteiger partial charge in [-0.15, -0.1) is 0 Å². The lowest BCUT2D eigenvalue weighted by Gasteiger charge is -2.29. The van der Waals surface area contributed by atoms with Gasteiger partial charge in [0.15, 0.2) is 0 Å². The number of fused-ring (bicyclic) bond motifs is 1. The third-order valence-electron chi connectivity index (χ3n) is 5.88. The summed E-state index contributed by atoms with van der Waals surface area (Å²) in [5, 5.41) is 5.63. The van der Waals surface area contributed by atoms with Crippen molar-refractivity contribution in [2.45, 2.75) is 13.5 Å². The maximum atomic E-state index is 13.1. The predicted molar refractivity (Wildman–Crippen MR) is 141 cm³/mol. The van der Waals surface area contributed by atoms with Crippen LogP contribution >= 0.6 is 0 Å². The number of nitrogens with one attached hydrogen (secondary N) is 2. The van der Waals surface area contributed by atoms with Crippen LogP contribution in [-0.4, -0.2) is 29.3 Å². The molecule has 1 aliphatic rings. The third kappa shape index (κ3) is 5.48. The van der Waals surface area contributed by atoms with Crippen LogP contribution in [0.25, 0.3) is 0 Å². The summed E-state index contributed by atoms with van der Waals surface area (Å²) in [6.45, 7) is 2.15. The molecule has 4 aromatic rings. The molecule has 1 aromatic heterocycles. The number of ether oxygens (including phenoxy) is 1. The molecule has 0 radical (unpaired) electrons. The summed E-state index contributed by atoms with van der Waals surface area (Å²) in [5.74, 6) is -0.168. The molecule has 0 atom stereocenters. The molecule has 0 aliphatic carbocycles. The van der Waals surface area contributed by atoms with E-state index in [9.17, 15) is 14.4 Å². The number of carbonyl (C=O) groups is 3. The summed E-state index contributed by atoms with van der Waals surface area (Å²) in [7, 11) is 0. The van der Waals surface area contributed by atoms with Crippen LogP contribution in [0.1, 0.15) is 32.0 Å². The van der Waals surface area contributed by atoms with E-state index in [-0.39, 0.29) is 24.3 Å². The fourth-order valence-corrected chi connectivity index (χ4v) is 3.98. The SMILES string of the molecule is Cc1ccc(OCc2cccc(C(=O)Nc3ccc(C(=O)N4CC(=O)Nc5ccccc54)cc3)c2)cn1. The smallest absolute Gasteiger partial charge is 0.258 e. The highest BCUT2D eigenvalue weighted by molar-refractivity contribution is 6.15. The maximum Gasteiger partial charge on any atom is 0.258 e. The summed E-state index contributed by atoms with van der Waals surface area (Å²) in [5.41, 5.74) is 4.44. The van der Waals surface area contributed by atoms with E-state index in [0.717, 1.165) is 11.3 Å². The zero-order valence-electron chi connectivity index (χ0n) is 20.1. The highest BCUT2D eigenvalue weighted by atomic mass is 16.5. The van der Waals surface area contributed by atoms with Gasteiger partial charge in [-0.1, -0.05) is 24.3 Å². The number of anilines is 3. The molecule has 0 saturated carbocycles. The Morgan fingerprint density at radius 3 is 2.57 bits per heavy atom. The molecule has 5 rings (SSSR count). The van der Waals surface area contributed by atoms with Gasteiger partial charge >= 0.3 is 0 Å². The van der Waals surface area contributed by atoms with E-state index >= 15 is 0 Å². The molecule has 2 N–H and O–H groups in total. The lowest BCUT2D eigenvalue weighted by atomic mass is 10.1. The average Bonchev–Trinajstić information content (AvgIpc) is 2.92. The average molecular weight is 493 g/mol. The van der Waals surface area contributed by atoms with Crippen molar-refractivity contribution >= 4 is 34.8 Å². The number of para-hydroxylation sites is 2. The molecular weight excluding hydrogens is 468 g/mol. The highest BCUT2D eigenvalue weighted by Crippen LogP contribution is 2.30. The summed E-state index contributed by atoms with van der Waals surface area (Å²) in [6.07, 6.45) is 1.67. The molecular formula is C29H24N4O4. The Balaban J connectivity index is 1.23. The zero-order valence-corrected chi connectivity index (χ0v) is 20.1. The van der Waals surface area contributed by atoms with Crippen LogP contribution in [0.5, 0.6) is 5.75 Å². The van der Waals surface area contributed by atoms with Crippen LogP contribution in [0.2, 0.25) is 0 Å². The van der Waals surface area contributed by atoms with Gasteiger partial charge in [0.1, 0.15) is 18.9 Å². The molecule has 2 heterocycles. The van der Waals surface area contributed by atoms with Gasteiger partial charge < -0.3 is 15.4 Å². The molecule has 1 aliphatic heterocycles. The highest BCUT2D eigenvalue weighted by Gasteiger charge is 2.27. The fraction of sp³-hybridized carbons (Fsp3) is 0.103. The number of aromatic nitrogens is 1. The van der Waals surface area contributed by atoms with Crippen LogP contribution in [0.4, 0.5) is 17.1 Å². The lowest BCUT2D eigenvalue weighted by molar-refractivity contribution is -0.115. The Hall–Kier alpha value is -4.98. The molecule has 3 aromatic carbocycles. The molecule has 0 fully saturated rings. The van der Waals surface area contributed by atoms with E-state index < -0.39 is 0 Å². The second kappa shape index (κ2) is 10.3. The normalized spacial score (nSPS) is 12.4. The van der Waals surface area contributed by atoms with E-state index in [4.69, 9.17) is 4.74 Å². The van der Waals surface area contributed by atoms with Gasteiger partial charge in [0.2, 0.25) is 5.91 Å². The first-order valence-corrected chi connectivity index (χ1v) is 11.7. The summed E-state index contributed by atoms with van der Waals surface area (Å²) >= 11 is 0. The van der Waals surface area contributed by atoms with Crippen molar-refractivity contribution in [1.29, 1.82) is 0 Å². The van der Waals surface area contributed by atoms with Gasteiger partial charge in [-0.3, -0.25) is 24.3 Å². The molecule has 8 nitrogen and oxygen atoms in total.